The first-order valence-corrected chi connectivity index (χ1v) is 7.03. The molecule has 0 fully saturated rings. The third-order valence-electron chi connectivity index (χ3n) is 3.12. The first-order chi connectivity index (χ1) is 9.72. The Hall–Kier alpha value is -1.94. The Kier molecular flexibility index (Phi) is 3.65. The summed E-state index contributed by atoms with van der Waals surface area (Å²) in [5.41, 5.74) is 2.04. The Morgan fingerprint density at radius 3 is 2.80 bits per heavy atom. The molecule has 0 radical (unpaired) electrons. The average Bonchev–Trinajstić information content (AvgIpc) is 2.46. The Labute approximate surface area is 124 Å². The van der Waals surface area contributed by atoms with E-state index in [1.807, 2.05) is 12.3 Å². The molecule has 1 N–H and O–H groups in total. The molecule has 4 heteroatoms. The lowest BCUT2D eigenvalue weighted by Crippen LogP contribution is -2.00. The molecular formula is C16H12BrFN2. The molecule has 0 unspecified atom stereocenters. The molecule has 0 saturated heterocycles. The van der Waals surface area contributed by atoms with Crippen molar-refractivity contribution in [2.75, 3.05) is 5.32 Å². The molecule has 0 aliphatic heterocycles. The van der Waals surface area contributed by atoms with Gasteiger partial charge in [0.25, 0.3) is 0 Å². The van der Waals surface area contributed by atoms with E-state index in [-0.39, 0.29) is 5.82 Å². The lowest BCUT2D eigenvalue weighted by molar-refractivity contribution is 0.627. The summed E-state index contributed by atoms with van der Waals surface area (Å²) in [4.78, 5) is 4.10. The zero-order valence-electron chi connectivity index (χ0n) is 10.6. The molecular weight excluding hydrogens is 319 g/mol. The average molecular weight is 331 g/mol. The lowest BCUT2D eigenvalue weighted by Gasteiger charge is -2.09. The van der Waals surface area contributed by atoms with Crippen molar-refractivity contribution in [3.8, 4) is 0 Å². The predicted molar refractivity (Wildman–Crippen MR) is 83.2 cm³/mol. The second-order valence-corrected chi connectivity index (χ2v) is 5.39. The van der Waals surface area contributed by atoms with Gasteiger partial charge in [-0.3, -0.25) is 4.98 Å². The monoisotopic (exact) mass is 330 g/mol. The largest absolute Gasteiger partial charge is 0.380 e. The molecule has 3 aromatic rings. The van der Waals surface area contributed by atoms with Gasteiger partial charge in [-0.05, 0) is 57.2 Å². The van der Waals surface area contributed by atoms with Gasteiger partial charge in [0.05, 0.1) is 0 Å². The lowest BCUT2D eigenvalue weighted by atomic mass is 10.1. The van der Waals surface area contributed by atoms with Crippen LogP contribution in [0, 0.1) is 5.82 Å². The fraction of sp³-hybridized carbons (Fsp3) is 0.0625. The maximum Gasteiger partial charge on any atom is 0.124 e. The number of benzene rings is 2. The smallest absolute Gasteiger partial charge is 0.124 e. The van der Waals surface area contributed by atoms with Crippen LogP contribution < -0.4 is 5.32 Å². The second kappa shape index (κ2) is 5.59. The highest BCUT2D eigenvalue weighted by atomic mass is 79.9. The van der Waals surface area contributed by atoms with Gasteiger partial charge in [-0.2, -0.15) is 0 Å². The molecule has 0 bridgehead atoms. The number of aromatic nitrogens is 1. The van der Waals surface area contributed by atoms with Crippen molar-refractivity contribution in [2.24, 2.45) is 0 Å². The van der Waals surface area contributed by atoms with Crippen molar-refractivity contribution in [3.05, 3.63) is 70.7 Å². The van der Waals surface area contributed by atoms with Gasteiger partial charge < -0.3 is 5.32 Å². The van der Waals surface area contributed by atoms with Crippen LogP contribution in [0.5, 0.6) is 0 Å². The van der Waals surface area contributed by atoms with E-state index in [9.17, 15) is 4.39 Å². The van der Waals surface area contributed by atoms with Crippen LogP contribution in [0.3, 0.4) is 0 Å². The molecule has 0 amide bonds. The first-order valence-electron chi connectivity index (χ1n) is 6.24. The van der Waals surface area contributed by atoms with Gasteiger partial charge in [-0.1, -0.05) is 12.1 Å². The van der Waals surface area contributed by atoms with E-state index in [4.69, 9.17) is 0 Å². The fourth-order valence-corrected chi connectivity index (χ4v) is 2.56. The Balaban J connectivity index is 1.79. The molecule has 0 aliphatic carbocycles. The van der Waals surface area contributed by atoms with Crippen LogP contribution in [0.25, 0.3) is 10.8 Å². The number of hydrogen-bond acceptors (Lipinski definition) is 2. The highest BCUT2D eigenvalue weighted by Gasteiger charge is 2.02. The zero-order chi connectivity index (χ0) is 13.9. The Bertz CT molecular complexity index is 758. The number of hydrogen-bond donors (Lipinski definition) is 1. The van der Waals surface area contributed by atoms with E-state index in [1.54, 1.807) is 12.3 Å². The summed E-state index contributed by atoms with van der Waals surface area (Å²) < 4.78 is 13.7. The normalized spacial score (nSPS) is 10.7. The minimum absolute atomic E-state index is 0.249. The van der Waals surface area contributed by atoms with Crippen LogP contribution in [0.1, 0.15) is 5.56 Å². The number of rotatable bonds is 3. The number of anilines is 1. The van der Waals surface area contributed by atoms with Crippen LogP contribution >= 0.6 is 15.9 Å². The fourth-order valence-electron chi connectivity index (χ4n) is 2.07. The predicted octanol–water partition coefficient (Wildman–Crippen LogP) is 4.75. The van der Waals surface area contributed by atoms with Crippen LogP contribution in [0.4, 0.5) is 10.1 Å². The van der Waals surface area contributed by atoms with E-state index in [2.05, 4.69) is 44.4 Å². The Morgan fingerprint density at radius 1 is 1.05 bits per heavy atom. The molecule has 1 aromatic heterocycles. The maximum absolute atomic E-state index is 13.0. The van der Waals surface area contributed by atoms with Crippen molar-refractivity contribution in [3.63, 3.8) is 0 Å². The molecule has 100 valence electrons. The van der Waals surface area contributed by atoms with Crippen molar-refractivity contribution in [1.82, 2.24) is 4.98 Å². The number of nitrogens with zero attached hydrogens (tertiary/aromatic N) is 1. The minimum Gasteiger partial charge on any atom is -0.380 e. The van der Waals surface area contributed by atoms with Crippen LogP contribution in [0.15, 0.2) is 59.3 Å². The molecule has 2 nitrogen and oxygen atoms in total. The van der Waals surface area contributed by atoms with Gasteiger partial charge >= 0.3 is 0 Å². The topological polar surface area (TPSA) is 24.9 Å². The minimum atomic E-state index is -0.249. The van der Waals surface area contributed by atoms with Gasteiger partial charge in [0.2, 0.25) is 0 Å². The summed E-state index contributed by atoms with van der Waals surface area (Å²) in [5, 5.41) is 5.58. The van der Waals surface area contributed by atoms with Gasteiger partial charge in [-0.15, -0.1) is 0 Å². The quantitative estimate of drug-likeness (QED) is 0.749. The van der Waals surface area contributed by atoms with Crippen LogP contribution in [0.2, 0.25) is 0 Å². The maximum atomic E-state index is 13.0. The summed E-state index contributed by atoms with van der Waals surface area (Å²) in [7, 11) is 0. The molecule has 1 heterocycles. The van der Waals surface area contributed by atoms with E-state index < -0.39 is 0 Å². The summed E-state index contributed by atoms with van der Waals surface area (Å²) in [6.45, 7) is 0.683. The molecule has 0 atom stereocenters. The van der Waals surface area contributed by atoms with Crippen molar-refractivity contribution >= 4 is 32.4 Å². The molecule has 0 saturated carbocycles. The molecule has 0 spiro atoms. The Morgan fingerprint density at radius 2 is 1.95 bits per heavy atom. The summed E-state index contributed by atoms with van der Waals surface area (Å²) in [5.74, 6) is -0.249. The number of fused-ring (bicyclic) bond motifs is 1. The third-order valence-corrected chi connectivity index (χ3v) is 3.78. The summed E-state index contributed by atoms with van der Waals surface area (Å²) in [6.07, 6.45) is 3.64. The van der Waals surface area contributed by atoms with E-state index >= 15 is 0 Å². The van der Waals surface area contributed by atoms with E-state index in [0.29, 0.717) is 6.54 Å². The molecule has 0 aliphatic rings. The highest BCUT2D eigenvalue weighted by Crippen LogP contribution is 2.24. The third kappa shape index (κ3) is 2.80. The second-order valence-electron chi connectivity index (χ2n) is 4.53. The summed E-state index contributed by atoms with van der Waals surface area (Å²) >= 11 is 3.35. The van der Waals surface area contributed by atoms with Crippen molar-refractivity contribution < 1.29 is 4.39 Å². The molecule has 2 aromatic carbocycles. The van der Waals surface area contributed by atoms with Crippen LogP contribution in [-0.2, 0) is 6.54 Å². The number of nitrogens with one attached hydrogen (secondary N) is 1. The number of halogens is 2. The zero-order valence-corrected chi connectivity index (χ0v) is 12.2. The standard InChI is InChI=1S/C16H12BrFN2/c17-15-8-14(18)3-4-16(15)20-9-11-1-2-13-10-19-6-5-12(13)7-11/h1-8,10,20H,9H2. The van der Waals surface area contributed by atoms with Gasteiger partial charge in [0.1, 0.15) is 5.82 Å². The van der Waals surface area contributed by atoms with Gasteiger partial charge in [0, 0.05) is 34.5 Å². The SMILES string of the molecule is Fc1ccc(NCc2ccc3cnccc3c2)c(Br)c1. The van der Waals surface area contributed by atoms with E-state index in [1.165, 1.54) is 17.7 Å². The highest BCUT2D eigenvalue weighted by molar-refractivity contribution is 9.10. The van der Waals surface area contributed by atoms with Crippen LogP contribution in [-0.4, -0.2) is 4.98 Å². The first kappa shape index (κ1) is 13.1. The number of pyridine rings is 1. The van der Waals surface area contributed by atoms with Crippen molar-refractivity contribution in [1.29, 1.82) is 0 Å². The van der Waals surface area contributed by atoms with Crippen molar-refractivity contribution in [2.45, 2.75) is 6.54 Å². The van der Waals surface area contributed by atoms with Gasteiger partial charge in [0.15, 0.2) is 0 Å². The van der Waals surface area contributed by atoms with E-state index in [0.717, 1.165) is 20.9 Å². The molecule has 20 heavy (non-hydrogen) atoms. The molecule has 3 rings (SSSR count). The van der Waals surface area contributed by atoms with Gasteiger partial charge in [-0.25, -0.2) is 4.39 Å². The summed E-state index contributed by atoms with van der Waals surface area (Å²) in [6, 6.07) is 12.9.